The lowest BCUT2D eigenvalue weighted by Crippen LogP contribution is -2.38. The molecule has 194 valence electrons. The van der Waals surface area contributed by atoms with E-state index in [0.717, 1.165) is 34.3 Å². The van der Waals surface area contributed by atoms with Crippen LogP contribution in [0, 0.1) is 6.92 Å². The van der Waals surface area contributed by atoms with Gasteiger partial charge in [0.05, 0.1) is 10.5 Å². The van der Waals surface area contributed by atoms with E-state index in [4.69, 9.17) is 11.6 Å². The van der Waals surface area contributed by atoms with Crippen molar-refractivity contribution in [3.63, 3.8) is 0 Å². The van der Waals surface area contributed by atoms with Gasteiger partial charge in [-0.2, -0.15) is 17.5 Å². The number of sulfonamides is 1. The van der Waals surface area contributed by atoms with Gasteiger partial charge in [0, 0.05) is 41.3 Å². The summed E-state index contributed by atoms with van der Waals surface area (Å²) in [7, 11) is -4.28. The van der Waals surface area contributed by atoms with Crippen molar-refractivity contribution in [3.8, 4) is 0 Å². The Hall–Kier alpha value is -2.81. The summed E-state index contributed by atoms with van der Waals surface area (Å²) in [6.45, 7) is 3.07. The predicted molar refractivity (Wildman–Crippen MR) is 139 cm³/mol. The topological polar surface area (TPSA) is 42.3 Å². The Labute approximate surface area is 219 Å². The fourth-order valence-electron chi connectivity index (χ4n) is 5.40. The molecule has 0 saturated carbocycles. The molecule has 0 N–H and O–H groups in total. The quantitative estimate of drug-likeness (QED) is 0.265. The zero-order valence-corrected chi connectivity index (χ0v) is 21.7. The van der Waals surface area contributed by atoms with E-state index in [2.05, 4.69) is 23.6 Å². The summed E-state index contributed by atoms with van der Waals surface area (Å²) in [6, 6.07) is 20.3. The number of rotatable bonds is 5. The molecule has 4 aromatic rings. The van der Waals surface area contributed by atoms with Crippen LogP contribution in [0.1, 0.15) is 41.1 Å². The predicted octanol–water partition coefficient (Wildman–Crippen LogP) is 7.24. The normalized spacial score (nSPS) is 15.9. The van der Waals surface area contributed by atoms with Gasteiger partial charge in [-0.1, -0.05) is 54.1 Å². The molecule has 2 heterocycles. The molecule has 9 heteroatoms. The van der Waals surface area contributed by atoms with E-state index in [0.29, 0.717) is 24.4 Å². The molecule has 1 aliphatic heterocycles. The third kappa shape index (κ3) is 4.90. The summed E-state index contributed by atoms with van der Waals surface area (Å²) in [5.41, 5.74) is 3.37. The van der Waals surface area contributed by atoms with Crippen LogP contribution in [0.3, 0.4) is 0 Å². The number of hydrogen-bond acceptors (Lipinski definition) is 2. The van der Waals surface area contributed by atoms with Gasteiger partial charge >= 0.3 is 6.18 Å². The van der Waals surface area contributed by atoms with Gasteiger partial charge in [-0.05, 0) is 67.1 Å². The van der Waals surface area contributed by atoms with Crippen LogP contribution in [-0.2, 0) is 22.7 Å². The molecule has 5 rings (SSSR count). The second-order valence-corrected chi connectivity index (χ2v) is 11.7. The summed E-state index contributed by atoms with van der Waals surface area (Å²) >= 11 is 6.05. The average Bonchev–Trinajstić information content (AvgIpc) is 3.16. The number of hydrogen-bond donors (Lipinski definition) is 0. The highest BCUT2D eigenvalue weighted by Gasteiger charge is 2.40. The van der Waals surface area contributed by atoms with Crippen molar-refractivity contribution in [3.05, 3.63) is 100 Å². The molecule has 37 heavy (non-hydrogen) atoms. The van der Waals surface area contributed by atoms with E-state index in [1.54, 1.807) is 0 Å². The molecule has 0 bridgehead atoms. The number of aromatic nitrogens is 1. The molecule has 0 amide bonds. The second-order valence-electron chi connectivity index (χ2n) is 9.40. The highest BCUT2D eigenvalue weighted by Crippen LogP contribution is 2.40. The number of para-hydroxylation sites is 1. The van der Waals surface area contributed by atoms with Crippen LogP contribution in [0.4, 0.5) is 13.2 Å². The number of piperidine rings is 1. The third-order valence-electron chi connectivity index (χ3n) is 7.21. The molecular formula is C28H26ClF3N2O2S. The summed E-state index contributed by atoms with van der Waals surface area (Å²) in [5, 5.41) is 1.80. The maximum atomic E-state index is 13.5. The number of fused-ring (bicyclic) bond motifs is 1. The fraction of sp³-hybridized carbons (Fsp3) is 0.286. The van der Waals surface area contributed by atoms with Crippen molar-refractivity contribution in [2.24, 2.45) is 0 Å². The van der Waals surface area contributed by atoms with Crippen molar-refractivity contribution in [2.45, 2.75) is 43.3 Å². The van der Waals surface area contributed by atoms with Crippen LogP contribution in [0.5, 0.6) is 0 Å². The number of nitrogens with zero attached hydrogens (tertiary/aromatic N) is 2. The van der Waals surface area contributed by atoms with Crippen molar-refractivity contribution in [2.75, 3.05) is 13.1 Å². The third-order valence-corrected chi connectivity index (χ3v) is 9.41. The Bertz CT molecular complexity index is 1540. The first-order valence-corrected chi connectivity index (χ1v) is 13.9. The van der Waals surface area contributed by atoms with Crippen LogP contribution in [0.25, 0.3) is 10.9 Å². The number of alkyl halides is 3. The summed E-state index contributed by atoms with van der Waals surface area (Å²) in [5.74, 6) is 0.0978. The molecule has 1 fully saturated rings. The van der Waals surface area contributed by atoms with Gasteiger partial charge < -0.3 is 4.57 Å². The monoisotopic (exact) mass is 546 g/mol. The van der Waals surface area contributed by atoms with E-state index in [1.165, 1.54) is 22.0 Å². The standard InChI is InChI=1S/C28H26ClF3N2O2S/c1-19-27(23-6-2-4-8-25(23)34(19)18-20-10-12-22(29)13-11-20)21-14-16-33(17-15-21)37(35,36)26-9-5-3-7-24(26)28(30,31)32/h2-13,21H,14-18H2,1H3. The lowest BCUT2D eigenvalue weighted by molar-refractivity contribution is -0.139. The molecule has 0 radical (unpaired) electrons. The lowest BCUT2D eigenvalue weighted by atomic mass is 9.88. The van der Waals surface area contributed by atoms with E-state index < -0.39 is 26.7 Å². The van der Waals surface area contributed by atoms with E-state index >= 15 is 0 Å². The largest absolute Gasteiger partial charge is 0.417 e. The van der Waals surface area contributed by atoms with Crippen LogP contribution in [-0.4, -0.2) is 30.4 Å². The molecule has 0 unspecified atom stereocenters. The minimum Gasteiger partial charge on any atom is -0.340 e. The van der Waals surface area contributed by atoms with E-state index in [-0.39, 0.29) is 19.0 Å². The zero-order chi connectivity index (χ0) is 26.4. The van der Waals surface area contributed by atoms with Crippen molar-refractivity contribution in [1.29, 1.82) is 0 Å². The number of halogens is 4. The maximum absolute atomic E-state index is 13.5. The summed E-state index contributed by atoms with van der Waals surface area (Å²) in [6.07, 6.45) is -3.68. The fourth-order valence-corrected chi connectivity index (χ4v) is 7.21. The van der Waals surface area contributed by atoms with Crippen molar-refractivity contribution in [1.82, 2.24) is 8.87 Å². The van der Waals surface area contributed by atoms with Crippen molar-refractivity contribution < 1.29 is 21.6 Å². The molecule has 1 saturated heterocycles. The summed E-state index contributed by atoms with van der Waals surface area (Å²) < 4.78 is 70.4. The molecule has 1 aliphatic rings. The SMILES string of the molecule is Cc1c(C2CCN(S(=O)(=O)c3ccccc3C(F)(F)F)CC2)c2ccccc2n1Cc1ccc(Cl)cc1. The molecule has 4 nitrogen and oxygen atoms in total. The van der Waals surface area contributed by atoms with Gasteiger partial charge in [0.25, 0.3) is 0 Å². The van der Waals surface area contributed by atoms with Crippen molar-refractivity contribution >= 4 is 32.5 Å². The highest BCUT2D eigenvalue weighted by atomic mass is 35.5. The Morgan fingerprint density at radius 1 is 0.919 bits per heavy atom. The van der Waals surface area contributed by atoms with Crippen LogP contribution < -0.4 is 0 Å². The van der Waals surface area contributed by atoms with Gasteiger partial charge in [0.15, 0.2) is 0 Å². The van der Waals surface area contributed by atoms with Gasteiger partial charge in [0.2, 0.25) is 10.0 Å². The average molecular weight is 547 g/mol. The van der Waals surface area contributed by atoms with E-state index in [1.807, 2.05) is 36.4 Å². The Morgan fingerprint density at radius 2 is 1.54 bits per heavy atom. The summed E-state index contributed by atoms with van der Waals surface area (Å²) in [4.78, 5) is -0.684. The highest BCUT2D eigenvalue weighted by molar-refractivity contribution is 7.89. The van der Waals surface area contributed by atoms with Gasteiger partial charge in [0.1, 0.15) is 0 Å². The Kier molecular flexibility index (Phi) is 6.85. The molecule has 1 aromatic heterocycles. The molecular weight excluding hydrogens is 521 g/mol. The van der Waals surface area contributed by atoms with Gasteiger partial charge in [-0.25, -0.2) is 8.42 Å². The minimum atomic E-state index is -4.75. The molecule has 0 atom stereocenters. The van der Waals surface area contributed by atoms with Gasteiger partial charge in [-0.15, -0.1) is 0 Å². The first-order chi connectivity index (χ1) is 17.6. The Balaban J connectivity index is 1.43. The lowest BCUT2D eigenvalue weighted by Gasteiger charge is -2.32. The minimum absolute atomic E-state index is 0.0978. The molecule has 0 spiro atoms. The van der Waals surface area contributed by atoms with Crippen LogP contribution >= 0.6 is 11.6 Å². The Morgan fingerprint density at radius 3 is 2.22 bits per heavy atom. The number of benzene rings is 3. The zero-order valence-electron chi connectivity index (χ0n) is 20.2. The van der Waals surface area contributed by atoms with Crippen LogP contribution in [0.15, 0.2) is 77.7 Å². The molecule has 0 aliphatic carbocycles. The molecule has 3 aromatic carbocycles. The second kappa shape index (κ2) is 9.82. The first-order valence-electron chi connectivity index (χ1n) is 12.1. The van der Waals surface area contributed by atoms with E-state index in [9.17, 15) is 21.6 Å². The van der Waals surface area contributed by atoms with Gasteiger partial charge in [-0.3, -0.25) is 0 Å². The first kappa shape index (κ1) is 25.8. The van der Waals surface area contributed by atoms with Crippen LogP contribution in [0.2, 0.25) is 5.02 Å². The smallest absolute Gasteiger partial charge is 0.340 e. The maximum Gasteiger partial charge on any atom is 0.417 e.